The molecule has 116 valence electrons. The summed E-state index contributed by atoms with van der Waals surface area (Å²) in [5.74, 6) is 4.93. The topological polar surface area (TPSA) is 0 Å². The van der Waals surface area contributed by atoms with Crippen LogP contribution in [0, 0.1) is 0 Å². The minimum Gasteiger partial charge on any atom is -0.118 e. The largest absolute Gasteiger partial charge is 0.118 e. The molecule has 0 amide bonds. The Morgan fingerprint density at radius 3 is 1.86 bits per heavy atom. The first kappa shape index (κ1) is 17.8. The highest BCUT2D eigenvalue weighted by molar-refractivity contribution is 8.49. The molecule has 1 fully saturated rings. The summed E-state index contributed by atoms with van der Waals surface area (Å²) in [6.45, 7) is 4.49. The predicted octanol–water partition coefficient (Wildman–Crippen LogP) is 7.70. The fourth-order valence-corrected chi connectivity index (χ4v) is 13.8. The van der Waals surface area contributed by atoms with E-state index in [1.165, 1.54) is 46.4 Å². The van der Waals surface area contributed by atoms with Crippen LogP contribution in [0.4, 0.5) is 0 Å². The molecule has 0 aromatic carbocycles. The van der Waals surface area contributed by atoms with Gasteiger partial charge in [-0.3, -0.25) is 0 Å². The van der Waals surface area contributed by atoms with Crippen LogP contribution >= 0.6 is 94.1 Å². The Hall–Kier alpha value is 2.02. The minimum absolute atomic E-state index is 1.17. The molecule has 0 N–H and O–H groups in total. The van der Waals surface area contributed by atoms with Crippen molar-refractivity contribution in [3.05, 3.63) is 25.4 Å². The summed E-state index contributed by atoms with van der Waals surface area (Å²) in [4.78, 5) is 0. The standard InChI is InChI=1S/C13H16S8/c1-3-14-8(15-4-2)10-18-12-13(19-10)21-11(20-12)9-16-6-5-7-17-9/h3-7H2,1-2H3. The predicted molar refractivity (Wildman–Crippen MR) is 117 cm³/mol. The van der Waals surface area contributed by atoms with Gasteiger partial charge >= 0.3 is 0 Å². The van der Waals surface area contributed by atoms with E-state index in [2.05, 4.69) is 37.4 Å². The molecule has 0 nitrogen and oxygen atoms in total. The molecular formula is C13H16S8. The van der Waals surface area contributed by atoms with E-state index in [-0.39, 0.29) is 0 Å². The van der Waals surface area contributed by atoms with Gasteiger partial charge in [0.1, 0.15) is 0 Å². The molecule has 3 aliphatic rings. The number of rotatable bonds is 4. The van der Waals surface area contributed by atoms with E-state index in [0.29, 0.717) is 0 Å². The van der Waals surface area contributed by atoms with Crippen LogP contribution in [0.15, 0.2) is 25.4 Å². The number of thioether (sulfide) groups is 8. The van der Waals surface area contributed by atoms with Crippen LogP contribution in [-0.2, 0) is 0 Å². The third kappa shape index (κ3) is 4.55. The quantitative estimate of drug-likeness (QED) is 0.441. The van der Waals surface area contributed by atoms with Gasteiger partial charge in [-0.2, -0.15) is 0 Å². The van der Waals surface area contributed by atoms with E-state index < -0.39 is 0 Å². The Morgan fingerprint density at radius 2 is 1.33 bits per heavy atom. The van der Waals surface area contributed by atoms with Crippen LogP contribution in [0.3, 0.4) is 0 Å². The van der Waals surface area contributed by atoms with Crippen molar-refractivity contribution < 1.29 is 0 Å². The first-order valence-electron chi connectivity index (χ1n) is 6.77. The van der Waals surface area contributed by atoms with Crippen molar-refractivity contribution >= 4 is 94.1 Å². The van der Waals surface area contributed by atoms with Gasteiger partial charge in [0.2, 0.25) is 0 Å². The van der Waals surface area contributed by atoms with Crippen molar-refractivity contribution in [3.63, 3.8) is 0 Å². The second-order valence-electron chi connectivity index (χ2n) is 4.05. The first-order valence-corrected chi connectivity index (χ1v) is 14.0. The van der Waals surface area contributed by atoms with Gasteiger partial charge in [0.05, 0.1) is 25.4 Å². The summed E-state index contributed by atoms with van der Waals surface area (Å²) in [7, 11) is 0. The van der Waals surface area contributed by atoms with E-state index in [0.717, 1.165) is 0 Å². The highest BCUT2D eigenvalue weighted by Gasteiger charge is 2.33. The summed E-state index contributed by atoms with van der Waals surface area (Å²) in [6, 6.07) is 0. The molecule has 1 saturated heterocycles. The SMILES string of the molecule is CCSC(SCC)=C1SC2=C(S1)SC(=C1SCCCS1)S2. The van der Waals surface area contributed by atoms with Crippen molar-refractivity contribution in [1.82, 2.24) is 0 Å². The molecular weight excluding hydrogens is 413 g/mol. The Bertz CT molecular complexity index is 466. The molecule has 0 aromatic rings. The van der Waals surface area contributed by atoms with Gasteiger partial charge in [-0.1, -0.05) is 60.9 Å². The molecule has 0 saturated carbocycles. The van der Waals surface area contributed by atoms with Crippen molar-refractivity contribution in [2.45, 2.75) is 20.3 Å². The lowest BCUT2D eigenvalue weighted by atomic mass is 10.6. The van der Waals surface area contributed by atoms with Gasteiger partial charge < -0.3 is 0 Å². The molecule has 3 aliphatic heterocycles. The number of hydrogen-bond acceptors (Lipinski definition) is 8. The van der Waals surface area contributed by atoms with E-state index in [4.69, 9.17) is 0 Å². The Labute approximate surface area is 161 Å². The highest BCUT2D eigenvalue weighted by atomic mass is 32.3. The smallest absolute Gasteiger partial charge is 0.0718 e. The maximum atomic E-state index is 2.25. The van der Waals surface area contributed by atoms with Gasteiger partial charge in [-0.05, 0) is 29.4 Å². The van der Waals surface area contributed by atoms with Crippen LogP contribution in [-0.4, -0.2) is 23.0 Å². The van der Waals surface area contributed by atoms with Crippen molar-refractivity contribution in [3.8, 4) is 0 Å². The van der Waals surface area contributed by atoms with E-state index >= 15 is 0 Å². The van der Waals surface area contributed by atoms with E-state index in [1.54, 1.807) is 8.47 Å². The lowest BCUT2D eigenvalue weighted by molar-refractivity contribution is 1.12. The molecule has 8 heteroatoms. The molecule has 0 radical (unpaired) electrons. The fourth-order valence-electron chi connectivity index (χ4n) is 1.72. The summed E-state index contributed by atoms with van der Waals surface area (Å²) >= 11 is 16.2. The van der Waals surface area contributed by atoms with E-state index in [1.807, 2.05) is 70.6 Å². The van der Waals surface area contributed by atoms with Crippen molar-refractivity contribution in [2.75, 3.05) is 23.0 Å². The van der Waals surface area contributed by atoms with Gasteiger partial charge in [0, 0.05) is 0 Å². The lowest BCUT2D eigenvalue weighted by Gasteiger charge is -2.15. The highest BCUT2D eigenvalue weighted by Crippen LogP contribution is 2.69. The molecule has 0 bridgehead atoms. The van der Waals surface area contributed by atoms with Crippen LogP contribution < -0.4 is 0 Å². The maximum Gasteiger partial charge on any atom is 0.0718 e. The molecule has 0 aromatic heterocycles. The fraction of sp³-hybridized carbons (Fsp3) is 0.538. The zero-order chi connectivity index (χ0) is 14.7. The lowest BCUT2D eigenvalue weighted by Crippen LogP contribution is -1.92. The normalized spacial score (nSPS) is 22.3. The van der Waals surface area contributed by atoms with Crippen LogP contribution in [0.2, 0.25) is 0 Å². The molecule has 3 heterocycles. The number of hydrogen-bond donors (Lipinski definition) is 0. The maximum absolute atomic E-state index is 2.25. The third-order valence-electron chi connectivity index (χ3n) is 2.55. The summed E-state index contributed by atoms with van der Waals surface area (Å²) in [5, 5.41) is 0. The van der Waals surface area contributed by atoms with Gasteiger partial charge in [0.15, 0.2) is 0 Å². The van der Waals surface area contributed by atoms with Crippen molar-refractivity contribution in [2.24, 2.45) is 0 Å². The second kappa shape index (κ2) is 8.92. The Kier molecular flexibility index (Phi) is 7.58. The van der Waals surface area contributed by atoms with Crippen LogP contribution in [0.5, 0.6) is 0 Å². The monoisotopic (exact) mass is 428 g/mol. The van der Waals surface area contributed by atoms with Gasteiger partial charge in [-0.25, -0.2) is 0 Å². The average molecular weight is 429 g/mol. The van der Waals surface area contributed by atoms with Crippen LogP contribution in [0.1, 0.15) is 20.3 Å². The van der Waals surface area contributed by atoms with Gasteiger partial charge in [-0.15, -0.1) is 47.0 Å². The van der Waals surface area contributed by atoms with E-state index in [9.17, 15) is 0 Å². The average Bonchev–Trinajstić information content (AvgIpc) is 3.06. The molecule has 0 spiro atoms. The van der Waals surface area contributed by atoms with Crippen molar-refractivity contribution in [1.29, 1.82) is 0 Å². The molecule has 3 rings (SSSR count). The zero-order valence-electron chi connectivity index (χ0n) is 11.8. The zero-order valence-corrected chi connectivity index (χ0v) is 18.3. The third-order valence-corrected chi connectivity index (χ3v) is 14.1. The minimum atomic E-state index is 1.17. The molecule has 0 aliphatic carbocycles. The summed E-state index contributed by atoms with van der Waals surface area (Å²) < 4.78 is 9.22. The summed E-state index contributed by atoms with van der Waals surface area (Å²) in [6.07, 6.45) is 1.36. The Balaban J connectivity index is 1.68. The summed E-state index contributed by atoms with van der Waals surface area (Å²) in [5.41, 5.74) is 0. The molecule has 21 heavy (non-hydrogen) atoms. The molecule has 0 unspecified atom stereocenters. The molecule has 0 atom stereocenters. The Morgan fingerprint density at radius 1 is 0.810 bits per heavy atom. The second-order valence-corrected chi connectivity index (χ2v) is 14.4. The van der Waals surface area contributed by atoms with Crippen LogP contribution in [0.25, 0.3) is 0 Å². The van der Waals surface area contributed by atoms with Gasteiger partial charge in [0.25, 0.3) is 0 Å². The first-order chi connectivity index (χ1) is 10.3.